The standard InChI is InChI=1S/C26H34N4O4S/c1-4-26(2,3)35-25-28-22(27)21-23(29-25)34-14-13-30(24(21)33)19-11-9-18(10-12-19)17-7-5-16(6-8-17)15-20(31)32/h9-12,16-17H,4-8,13-15H2,1-3H3,(H,31,32)(H2,27,28,29). The number of hydrogen-bond acceptors (Lipinski definition) is 7. The second kappa shape index (κ2) is 10.4. The van der Waals surface area contributed by atoms with Gasteiger partial charge in [0.25, 0.3) is 5.91 Å². The van der Waals surface area contributed by atoms with E-state index in [4.69, 9.17) is 15.6 Å². The lowest BCUT2D eigenvalue weighted by Gasteiger charge is -2.28. The van der Waals surface area contributed by atoms with Gasteiger partial charge in [-0.1, -0.05) is 44.7 Å². The fraction of sp³-hybridized carbons (Fsp3) is 0.538. The van der Waals surface area contributed by atoms with Gasteiger partial charge in [-0.3, -0.25) is 9.59 Å². The molecule has 35 heavy (non-hydrogen) atoms. The van der Waals surface area contributed by atoms with Gasteiger partial charge < -0.3 is 20.5 Å². The molecule has 1 fully saturated rings. The van der Waals surface area contributed by atoms with E-state index in [0.29, 0.717) is 24.2 Å². The van der Waals surface area contributed by atoms with Crippen LogP contribution in [0.1, 0.15) is 81.1 Å². The molecule has 0 bridgehead atoms. The van der Waals surface area contributed by atoms with Crippen molar-refractivity contribution in [1.29, 1.82) is 0 Å². The zero-order chi connectivity index (χ0) is 25.2. The molecule has 1 amide bonds. The van der Waals surface area contributed by atoms with E-state index in [0.717, 1.165) is 37.8 Å². The van der Waals surface area contributed by atoms with Crippen molar-refractivity contribution >= 4 is 35.1 Å². The van der Waals surface area contributed by atoms with Crippen molar-refractivity contribution in [3.8, 4) is 5.88 Å². The predicted octanol–water partition coefficient (Wildman–Crippen LogP) is 5.13. The Morgan fingerprint density at radius 1 is 1.20 bits per heavy atom. The lowest BCUT2D eigenvalue weighted by atomic mass is 9.77. The van der Waals surface area contributed by atoms with Crippen LogP contribution in [0.2, 0.25) is 0 Å². The van der Waals surface area contributed by atoms with Gasteiger partial charge in [0.2, 0.25) is 5.88 Å². The molecular weight excluding hydrogens is 464 g/mol. The number of thioether (sulfide) groups is 1. The third-order valence-electron chi connectivity index (χ3n) is 7.10. The Bertz CT molecular complexity index is 1080. The highest BCUT2D eigenvalue weighted by Gasteiger charge is 2.31. The number of carboxylic acids is 1. The van der Waals surface area contributed by atoms with Crippen LogP contribution in [0.25, 0.3) is 0 Å². The van der Waals surface area contributed by atoms with E-state index in [1.165, 1.54) is 17.3 Å². The number of ether oxygens (including phenoxy) is 1. The van der Waals surface area contributed by atoms with E-state index in [2.05, 4.69) is 42.9 Å². The van der Waals surface area contributed by atoms with Crippen LogP contribution in [-0.2, 0) is 4.79 Å². The number of hydrogen-bond donors (Lipinski definition) is 2. The van der Waals surface area contributed by atoms with Crippen molar-refractivity contribution in [3.05, 3.63) is 35.4 Å². The predicted molar refractivity (Wildman–Crippen MR) is 137 cm³/mol. The zero-order valence-corrected chi connectivity index (χ0v) is 21.4. The summed E-state index contributed by atoms with van der Waals surface area (Å²) in [6.45, 7) is 7.03. The minimum atomic E-state index is -0.712. The molecule has 4 rings (SSSR count). The van der Waals surface area contributed by atoms with Gasteiger partial charge in [-0.15, -0.1) is 0 Å². The van der Waals surface area contributed by atoms with Gasteiger partial charge >= 0.3 is 5.97 Å². The minimum Gasteiger partial charge on any atom is -0.481 e. The average molecular weight is 499 g/mol. The number of anilines is 2. The molecular formula is C26H34N4O4S. The number of benzene rings is 1. The Hall–Kier alpha value is -2.81. The van der Waals surface area contributed by atoms with Gasteiger partial charge in [0.15, 0.2) is 5.16 Å². The van der Waals surface area contributed by atoms with Crippen LogP contribution in [-0.4, -0.2) is 44.8 Å². The van der Waals surface area contributed by atoms with Gasteiger partial charge in [0.05, 0.1) is 6.54 Å². The monoisotopic (exact) mass is 498 g/mol. The van der Waals surface area contributed by atoms with Crippen molar-refractivity contribution in [3.63, 3.8) is 0 Å². The Balaban J connectivity index is 1.49. The molecule has 9 heteroatoms. The SMILES string of the molecule is CCC(C)(C)Sc1nc(N)c2c(n1)OCCN(c1ccc(C3CCC(CC(=O)O)CC3)cc1)C2=O. The first-order valence-electron chi connectivity index (χ1n) is 12.3. The third kappa shape index (κ3) is 5.89. The quantitative estimate of drug-likeness (QED) is 0.398. The van der Waals surface area contributed by atoms with Crippen molar-refractivity contribution in [1.82, 2.24) is 9.97 Å². The molecule has 0 spiro atoms. The normalized spacial score (nSPS) is 20.7. The van der Waals surface area contributed by atoms with E-state index < -0.39 is 5.97 Å². The number of rotatable bonds is 7. The summed E-state index contributed by atoms with van der Waals surface area (Å²) in [5.74, 6) is 0.104. The summed E-state index contributed by atoms with van der Waals surface area (Å²) in [6.07, 6.45) is 5.05. The second-order valence-electron chi connectivity index (χ2n) is 10.00. The number of nitrogens with two attached hydrogens (primary N) is 1. The summed E-state index contributed by atoms with van der Waals surface area (Å²) < 4.78 is 5.79. The topological polar surface area (TPSA) is 119 Å². The van der Waals surface area contributed by atoms with E-state index in [9.17, 15) is 9.59 Å². The maximum atomic E-state index is 13.5. The van der Waals surface area contributed by atoms with Crippen LogP contribution >= 0.6 is 11.8 Å². The molecule has 1 aliphatic carbocycles. The number of aromatic nitrogens is 2. The molecule has 0 radical (unpaired) electrons. The van der Waals surface area contributed by atoms with Crippen LogP contribution in [0, 0.1) is 5.92 Å². The largest absolute Gasteiger partial charge is 0.481 e. The van der Waals surface area contributed by atoms with Crippen molar-refractivity contribution in [2.75, 3.05) is 23.8 Å². The number of carbonyl (C=O) groups is 2. The fourth-order valence-electron chi connectivity index (χ4n) is 4.70. The highest BCUT2D eigenvalue weighted by atomic mass is 32.2. The Kier molecular flexibility index (Phi) is 7.54. The Labute approximate surface area is 210 Å². The molecule has 2 aromatic rings. The highest BCUT2D eigenvalue weighted by Crippen LogP contribution is 2.39. The Morgan fingerprint density at radius 2 is 1.89 bits per heavy atom. The molecule has 1 saturated carbocycles. The van der Waals surface area contributed by atoms with Gasteiger partial charge in [-0.05, 0) is 61.6 Å². The molecule has 1 aromatic heterocycles. The van der Waals surface area contributed by atoms with Gasteiger partial charge in [0.1, 0.15) is 18.0 Å². The van der Waals surface area contributed by atoms with Crippen LogP contribution in [0.5, 0.6) is 5.88 Å². The molecule has 8 nitrogen and oxygen atoms in total. The molecule has 2 heterocycles. The molecule has 0 saturated heterocycles. The lowest BCUT2D eigenvalue weighted by Crippen LogP contribution is -2.32. The molecule has 3 N–H and O–H groups in total. The minimum absolute atomic E-state index is 0.0568. The van der Waals surface area contributed by atoms with E-state index in [1.54, 1.807) is 4.90 Å². The average Bonchev–Trinajstić information content (AvgIpc) is 2.98. The smallest absolute Gasteiger partial charge is 0.303 e. The third-order valence-corrected chi connectivity index (χ3v) is 8.31. The number of fused-ring (bicyclic) bond motifs is 1. The summed E-state index contributed by atoms with van der Waals surface area (Å²) in [4.78, 5) is 35.0. The fourth-order valence-corrected chi connectivity index (χ4v) is 5.61. The van der Waals surface area contributed by atoms with Crippen LogP contribution in [0.4, 0.5) is 11.5 Å². The van der Waals surface area contributed by atoms with Crippen molar-refractivity contribution in [2.24, 2.45) is 5.92 Å². The van der Waals surface area contributed by atoms with Crippen LogP contribution < -0.4 is 15.4 Å². The summed E-state index contributed by atoms with van der Waals surface area (Å²) in [7, 11) is 0. The van der Waals surface area contributed by atoms with E-state index in [-0.39, 0.29) is 40.3 Å². The molecule has 1 aliphatic heterocycles. The molecule has 1 aromatic carbocycles. The van der Waals surface area contributed by atoms with Crippen molar-refractivity contribution < 1.29 is 19.4 Å². The zero-order valence-electron chi connectivity index (χ0n) is 20.6. The summed E-state index contributed by atoms with van der Waals surface area (Å²) in [5.41, 5.74) is 8.45. The highest BCUT2D eigenvalue weighted by molar-refractivity contribution is 8.00. The second-order valence-corrected chi connectivity index (χ2v) is 11.7. The lowest BCUT2D eigenvalue weighted by molar-refractivity contribution is -0.138. The van der Waals surface area contributed by atoms with E-state index >= 15 is 0 Å². The molecule has 0 unspecified atom stereocenters. The first kappa shape index (κ1) is 25.3. The van der Waals surface area contributed by atoms with Gasteiger partial charge in [0, 0.05) is 16.9 Å². The molecule has 188 valence electrons. The summed E-state index contributed by atoms with van der Waals surface area (Å²) in [5, 5.41) is 9.54. The van der Waals surface area contributed by atoms with E-state index in [1.807, 2.05) is 12.1 Å². The maximum Gasteiger partial charge on any atom is 0.303 e. The number of carboxylic acid groups (broad SMARTS) is 1. The maximum absolute atomic E-state index is 13.5. The first-order chi connectivity index (χ1) is 16.7. The summed E-state index contributed by atoms with van der Waals surface area (Å²) in [6, 6.07) is 8.08. The molecule has 0 atom stereocenters. The number of aliphatic carboxylic acids is 1. The number of nitrogens with zero attached hydrogens (tertiary/aromatic N) is 3. The molecule has 2 aliphatic rings. The number of carbonyl (C=O) groups excluding carboxylic acids is 1. The van der Waals surface area contributed by atoms with Crippen LogP contribution in [0.3, 0.4) is 0 Å². The van der Waals surface area contributed by atoms with Crippen LogP contribution in [0.15, 0.2) is 29.4 Å². The van der Waals surface area contributed by atoms with Crippen molar-refractivity contribution in [2.45, 2.75) is 75.1 Å². The summed E-state index contributed by atoms with van der Waals surface area (Å²) >= 11 is 1.52. The van der Waals surface area contributed by atoms with Gasteiger partial charge in [-0.25, -0.2) is 4.98 Å². The number of nitrogen functional groups attached to an aromatic ring is 1. The number of amides is 1. The Morgan fingerprint density at radius 3 is 2.51 bits per heavy atom. The first-order valence-corrected chi connectivity index (χ1v) is 13.1. The van der Waals surface area contributed by atoms with Gasteiger partial charge in [-0.2, -0.15) is 4.98 Å².